The standard InChI is InChI=1S/C18H21NO/c1-14-8-10-16(11-9-14)18(20)13-19(3)12-17-7-5-4-6-15(17)2/h4-11H,12-13H2,1-3H3. The lowest BCUT2D eigenvalue weighted by atomic mass is 10.1. The van der Waals surface area contributed by atoms with Crippen molar-refractivity contribution in [3.63, 3.8) is 0 Å². The molecule has 0 unspecified atom stereocenters. The summed E-state index contributed by atoms with van der Waals surface area (Å²) in [6.45, 7) is 5.37. The summed E-state index contributed by atoms with van der Waals surface area (Å²) in [5.41, 5.74) is 4.50. The van der Waals surface area contributed by atoms with Crippen LogP contribution in [0.2, 0.25) is 0 Å². The molecule has 2 aromatic rings. The fourth-order valence-electron chi connectivity index (χ4n) is 2.21. The summed E-state index contributed by atoms with van der Waals surface area (Å²) in [6.07, 6.45) is 0. The summed E-state index contributed by atoms with van der Waals surface area (Å²) in [7, 11) is 1.98. The minimum Gasteiger partial charge on any atom is -0.295 e. The summed E-state index contributed by atoms with van der Waals surface area (Å²) in [5, 5.41) is 0. The summed E-state index contributed by atoms with van der Waals surface area (Å²) >= 11 is 0. The quantitative estimate of drug-likeness (QED) is 0.771. The number of nitrogens with zero attached hydrogens (tertiary/aromatic N) is 1. The van der Waals surface area contributed by atoms with E-state index in [1.807, 2.05) is 50.4 Å². The fourth-order valence-corrected chi connectivity index (χ4v) is 2.21. The van der Waals surface area contributed by atoms with E-state index in [-0.39, 0.29) is 5.78 Å². The Bertz CT molecular complexity index is 587. The van der Waals surface area contributed by atoms with Gasteiger partial charge in [-0.2, -0.15) is 0 Å². The van der Waals surface area contributed by atoms with E-state index in [1.165, 1.54) is 16.7 Å². The predicted octanol–water partition coefficient (Wildman–Crippen LogP) is 3.62. The molecular weight excluding hydrogens is 246 g/mol. The van der Waals surface area contributed by atoms with Crippen LogP contribution in [0.15, 0.2) is 48.5 Å². The Labute approximate surface area is 121 Å². The second kappa shape index (κ2) is 6.49. The summed E-state index contributed by atoms with van der Waals surface area (Å²) < 4.78 is 0. The molecule has 0 aliphatic rings. The lowest BCUT2D eigenvalue weighted by Crippen LogP contribution is -2.25. The smallest absolute Gasteiger partial charge is 0.176 e. The van der Waals surface area contributed by atoms with Crippen LogP contribution >= 0.6 is 0 Å². The number of carbonyl (C=O) groups is 1. The second-order valence-electron chi connectivity index (χ2n) is 5.39. The molecule has 0 N–H and O–H groups in total. The van der Waals surface area contributed by atoms with Crippen LogP contribution in [0.25, 0.3) is 0 Å². The summed E-state index contributed by atoms with van der Waals surface area (Å²) in [5.74, 6) is 0.168. The van der Waals surface area contributed by atoms with Crippen LogP contribution in [0, 0.1) is 13.8 Å². The first-order chi connectivity index (χ1) is 9.56. The lowest BCUT2D eigenvalue weighted by Gasteiger charge is -2.17. The van der Waals surface area contributed by atoms with Crippen LogP contribution < -0.4 is 0 Å². The van der Waals surface area contributed by atoms with Gasteiger partial charge >= 0.3 is 0 Å². The number of benzene rings is 2. The van der Waals surface area contributed by atoms with Crippen LogP contribution in [0.5, 0.6) is 0 Å². The molecule has 0 bridgehead atoms. The monoisotopic (exact) mass is 267 g/mol. The summed E-state index contributed by atoms with van der Waals surface area (Å²) in [6, 6.07) is 16.1. The highest BCUT2D eigenvalue weighted by Gasteiger charge is 2.10. The molecule has 2 nitrogen and oxygen atoms in total. The zero-order valence-electron chi connectivity index (χ0n) is 12.4. The maximum Gasteiger partial charge on any atom is 0.176 e. The minimum atomic E-state index is 0.168. The van der Waals surface area contributed by atoms with E-state index in [4.69, 9.17) is 0 Å². The molecule has 2 aromatic carbocycles. The van der Waals surface area contributed by atoms with Gasteiger partial charge in [-0.05, 0) is 32.0 Å². The molecule has 0 radical (unpaired) electrons. The first kappa shape index (κ1) is 14.5. The van der Waals surface area contributed by atoms with Crippen molar-refractivity contribution in [2.45, 2.75) is 20.4 Å². The summed E-state index contributed by atoms with van der Waals surface area (Å²) in [4.78, 5) is 14.3. The molecule has 0 saturated heterocycles. The molecule has 0 aliphatic carbocycles. The van der Waals surface area contributed by atoms with Gasteiger partial charge in [-0.1, -0.05) is 54.1 Å². The number of Topliss-reactive ketones (excluding diaryl/α,β-unsaturated/α-hetero) is 1. The molecule has 2 heteroatoms. The van der Waals surface area contributed by atoms with Crippen LogP contribution in [-0.2, 0) is 6.54 Å². The molecule has 2 rings (SSSR count). The van der Waals surface area contributed by atoms with Crippen molar-refractivity contribution in [3.05, 3.63) is 70.8 Å². The third kappa shape index (κ3) is 3.78. The maximum atomic E-state index is 12.2. The van der Waals surface area contributed by atoms with Crippen LogP contribution in [-0.4, -0.2) is 24.3 Å². The Balaban J connectivity index is 1.98. The average Bonchev–Trinajstić information content (AvgIpc) is 2.42. The Morgan fingerprint density at radius 3 is 2.30 bits per heavy atom. The molecule has 0 fully saturated rings. The molecular formula is C18H21NO. The van der Waals surface area contributed by atoms with Gasteiger partial charge in [0.25, 0.3) is 0 Å². The van der Waals surface area contributed by atoms with E-state index < -0.39 is 0 Å². The number of hydrogen-bond donors (Lipinski definition) is 0. The first-order valence-electron chi connectivity index (χ1n) is 6.89. The van der Waals surface area contributed by atoms with Crippen molar-refractivity contribution >= 4 is 5.78 Å². The molecule has 0 aliphatic heterocycles. The van der Waals surface area contributed by atoms with Crippen molar-refractivity contribution in [2.75, 3.05) is 13.6 Å². The number of ketones is 1. The highest BCUT2D eigenvalue weighted by atomic mass is 16.1. The molecule has 0 amide bonds. The molecule has 0 atom stereocenters. The van der Waals surface area contributed by atoms with Gasteiger partial charge in [0, 0.05) is 12.1 Å². The lowest BCUT2D eigenvalue weighted by molar-refractivity contribution is 0.0943. The van der Waals surface area contributed by atoms with Crippen molar-refractivity contribution in [2.24, 2.45) is 0 Å². The third-order valence-corrected chi connectivity index (χ3v) is 3.49. The van der Waals surface area contributed by atoms with Gasteiger partial charge in [-0.15, -0.1) is 0 Å². The Hall–Kier alpha value is -1.93. The van der Waals surface area contributed by atoms with Gasteiger partial charge in [0.05, 0.1) is 6.54 Å². The van der Waals surface area contributed by atoms with Crippen molar-refractivity contribution in [1.29, 1.82) is 0 Å². The van der Waals surface area contributed by atoms with Gasteiger partial charge in [-0.25, -0.2) is 0 Å². The van der Waals surface area contributed by atoms with E-state index in [0.717, 1.165) is 12.1 Å². The number of aryl methyl sites for hydroxylation is 2. The van der Waals surface area contributed by atoms with Crippen molar-refractivity contribution in [3.8, 4) is 0 Å². The largest absolute Gasteiger partial charge is 0.295 e. The van der Waals surface area contributed by atoms with Crippen LogP contribution in [0.1, 0.15) is 27.0 Å². The van der Waals surface area contributed by atoms with Gasteiger partial charge in [0.1, 0.15) is 0 Å². The molecule has 0 heterocycles. The van der Waals surface area contributed by atoms with Crippen molar-refractivity contribution < 1.29 is 4.79 Å². The number of hydrogen-bond acceptors (Lipinski definition) is 2. The van der Waals surface area contributed by atoms with Gasteiger partial charge < -0.3 is 0 Å². The topological polar surface area (TPSA) is 20.3 Å². The Morgan fingerprint density at radius 2 is 1.65 bits per heavy atom. The van der Waals surface area contributed by atoms with E-state index in [2.05, 4.69) is 24.0 Å². The SMILES string of the molecule is Cc1ccc(C(=O)CN(C)Cc2ccccc2C)cc1. The molecule has 0 aromatic heterocycles. The van der Waals surface area contributed by atoms with E-state index in [9.17, 15) is 4.79 Å². The van der Waals surface area contributed by atoms with E-state index in [1.54, 1.807) is 0 Å². The number of rotatable bonds is 5. The first-order valence-corrected chi connectivity index (χ1v) is 6.89. The maximum absolute atomic E-state index is 12.2. The van der Waals surface area contributed by atoms with Crippen LogP contribution in [0.4, 0.5) is 0 Å². The highest BCUT2D eigenvalue weighted by Crippen LogP contribution is 2.10. The highest BCUT2D eigenvalue weighted by molar-refractivity contribution is 5.97. The second-order valence-corrected chi connectivity index (χ2v) is 5.39. The fraction of sp³-hybridized carbons (Fsp3) is 0.278. The zero-order valence-corrected chi connectivity index (χ0v) is 12.4. The molecule has 0 spiro atoms. The Morgan fingerprint density at radius 1 is 1.00 bits per heavy atom. The minimum absolute atomic E-state index is 0.168. The molecule has 104 valence electrons. The van der Waals surface area contributed by atoms with E-state index >= 15 is 0 Å². The normalized spacial score (nSPS) is 10.8. The number of likely N-dealkylation sites (N-methyl/N-ethyl adjacent to an activating group) is 1. The molecule has 20 heavy (non-hydrogen) atoms. The average molecular weight is 267 g/mol. The third-order valence-electron chi connectivity index (χ3n) is 3.49. The van der Waals surface area contributed by atoms with Gasteiger partial charge in [0.15, 0.2) is 5.78 Å². The number of carbonyl (C=O) groups excluding carboxylic acids is 1. The van der Waals surface area contributed by atoms with Crippen molar-refractivity contribution in [1.82, 2.24) is 4.90 Å². The van der Waals surface area contributed by atoms with Gasteiger partial charge in [0.2, 0.25) is 0 Å². The van der Waals surface area contributed by atoms with Crippen LogP contribution in [0.3, 0.4) is 0 Å². The van der Waals surface area contributed by atoms with E-state index in [0.29, 0.717) is 6.54 Å². The zero-order chi connectivity index (χ0) is 14.5. The predicted molar refractivity (Wildman–Crippen MR) is 83.0 cm³/mol. The molecule has 0 saturated carbocycles. The Kier molecular flexibility index (Phi) is 4.70. The van der Waals surface area contributed by atoms with Gasteiger partial charge in [-0.3, -0.25) is 9.69 Å².